The summed E-state index contributed by atoms with van der Waals surface area (Å²) in [5, 5.41) is 0. The number of hydrogen-bond donors (Lipinski definition) is 1. The fourth-order valence-electron chi connectivity index (χ4n) is 1.16. The summed E-state index contributed by atoms with van der Waals surface area (Å²) in [6.45, 7) is 7.15. The Bertz CT molecular complexity index is 269. The quantitative estimate of drug-likeness (QED) is 0.572. The maximum atomic E-state index is 5.55. The van der Waals surface area contributed by atoms with Crippen LogP contribution in [-0.4, -0.2) is 12.1 Å². The van der Waals surface area contributed by atoms with Crippen molar-refractivity contribution in [2.45, 2.75) is 39.2 Å². The van der Waals surface area contributed by atoms with E-state index in [4.69, 9.17) is 4.84 Å². The van der Waals surface area contributed by atoms with Crippen molar-refractivity contribution in [3.05, 3.63) is 35.9 Å². The molecule has 0 aliphatic carbocycles. The molecule has 0 aliphatic rings. The zero-order valence-corrected chi connectivity index (χ0v) is 9.92. The first-order valence-corrected chi connectivity index (χ1v) is 5.59. The normalized spacial score (nSPS) is 11.7. The summed E-state index contributed by atoms with van der Waals surface area (Å²) < 4.78 is 0. The van der Waals surface area contributed by atoms with Crippen molar-refractivity contribution >= 4 is 0 Å². The van der Waals surface area contributed by atoms with Gasteiger partial charge in [0.1, 0.15) is 0 Å². The maximum Gasteiger partial charge on any atom is 0.0838 e. The number of hydrogen-bond acceptors (Lipinski definition) is 2. The molecule has 0 saturated heterocycles. The Hall–Kier alpha value is -0.860. The summed E-state index contributed by atoms with van der Waals surface area (Å²) in [6.07, 6.45) is 2.01. The van der Waals surface area contributed by atoms with E-state index in [1.807, 2.05) is 6.07 Å². The fourth-order valence-corrected chi connectivity index (χ4v) is 1.16. The molecule has 1 rings (SSSR count). The van der Waals surface area contributed by atoms with Gasteiger partial charge >= 0.3 is 0 Å². The highest BCUT2D eigenvalue weighted by Crippen LogP contribution is 2.11. The third-order valence-corrected chi connectivity index (χ3v) is 2.56. The van der Waals surface area contributed by atoms with Gasteiger partial charge in [-0.05, 0) is 32.3 Å². The highest BCUT2D eigenvalue weighted by Gasteiger charge is 2.14. The molecule has 0 aromatic heterocycles. The summed E-state index contributed by atoms with van der Waals surface area (Å²) in [5.41, 5.74) is 4.29. The lowest BCUT2D eigenvalue weighted by atomic mass is 10.1. The predicted octanol–water partition coefficient (Wildman–Crippen LogP) is 2.94. The second-order valence-corrected chi connectivity index (χ2v) is 4.35. The lowest BCUT2D eigenvalue weighted by Gasteiger charge is -2.23. The van der Waals surface area contributed by atoms with Crippen molar-refractivity contribution in [3.8, 4) is 0 Å². The summed E-state index contributed by atoms with van der Waals surface area (Å²) in [4.78, 5) is 5.55. The molecule has 0 saturated carbocycles. The van der Waals surface area contributed by atoms with Crippen molar-refractivity contribution in [1.82, 2.24) is 5.48 Å². The molecule has 0 atom stereocenters. The van der Waals surface area contributed by atoms with Crippen LogP contribution in [0.25, 0.3) is 0 Å². The van der Waals surface area contributed by atoms with Crippen LogP contribution in [0, 0.1) is 0 Å². The molecule has 2 nitrogen and oxygen atoms in total. The van der Waals surface area contributed by atoms with Gasteiger partial charge in [0.15, 0.2) is 0 Å². The van der Waals surface area contributed by atoms with Gasteiger partial charge < -0.3 is 0 Å². The lowest BCUT2D eigenvalue weighted by Crippen LogP contribution is -2.32. The molecule has 0 unspecified atom stereocenters. The zero-order chi connectivity index (χ0) is 11.1. The molecular formula is C13H21NO. The molecule has 0 aliphatic heterocycles. The van der Waals surface area contributed by atoms with Crippen LogP contribution >= 0.6 is 0 Å². The van der Waals surface area contributed by atoms with E-state index < -0.39 is 0 Å². The maximum absolute atomic E-state index is 5.55. The minimum Gasteiger partial charge on any atom is -0.296 e. The van der Waals surface area contributed by atoms with E-state index in [2.05, 4.69) is 50.5 Å². The average molecular weight is 207 g/mol. The molecule has 0 bridgehead atoms. The monoisotopic (exact) mass is 207 g/mol. The molecule has 1 aromatic rings. The molecule has 1 aromatic carbocycles. The van der Waals surface area contributed by atoms with E-state index in [0.29, 0.717) is 0 Å². The van der Waals surface area contributed by atoms with Gasteiger partial charge in [-0.3, -0.25) is 4.84 Å². The van der Waals surface area contributed by atoms with Crippen LogP contribution in [0.15, 0.2) is 30.3 Å². The standard InChI is InChI=1S/C13H21NO/c1-4-13(2,3)15-14-11-10-12-8-6-5-7-9-12/h5-9,14H,4,10-11H2,1-3H3. The summed E-state index contributed by atoms with van der Waals surface area (Å²) in [6, 6.07) is 10.4. The molecule has 1 N–H and O–H groups in total. The average Bonchev–Trinajstić information content (AvgIpc) is 2.26. The second kappa shape index (κ2) is 5.89. The molecule has 84 valence electrons. The van der Waals surface area contributed by atoms with E-state index in [9.17, 15) is 0 Å². The smallest absolute Gasteiger partial charge is 0.0838 e. The molecule has 0 fully saturated rings. The van der Waals surface area contributed by atoms with Crippen molar-refractivity contribution in [2.75, 3.05) is 6.54 Å². The van der Waals surface area contributed by atoms with Crippen LogP contribution in [0.1, 0.15) is 32.8 Å². The lowest BCUT2D eigenvalue weighted by molar-refractivity contribution is -0.0853. The van der Waals surface area contributed by atoms with Crippen molar-refractivity contribution < 1.29 is 4.84 Å². The van der Waals surface area contributed by atoms with Crippen LogP contribution in [-0.2, 0) is 11.3 Å². The first-order chi connectivity index (χ1) is 7.14. The minimum atomic E-state index is -0.0727. The van der Waals surface area contributed by atoms with Crippen LogP contribution in [0.3, 0.4) is 0 Å². The van der Waals surface area contributed by atoms with Crippen molar-refractivity contribution in [2.24, 2.45) is 0 Å². The fraction of sp³-hybridized carbons (Fsp3) is 0.538. The van der Waals surface area contributed by atoms with E-state index in [-0.39, 0.29) is 5.60 Å². The van der Waals surface area contributed by atoms with Crippen LogP contribution in [0.4, 0.5) is 0 Å². The van der Waals surface area contributed by atoms with Crippen LogP contribution in [0.5, 0.6) is 0 Å². The Morgan fingerprint density at radius 2 is 1.87 bits per heavy atom. The number of hydroxylamine groups is 1. The Balaban J connectivity index is 2.18. The third-order valence-electron chi connectivity index (χ3n) is 2.56. The molecule has 0 spiro atoms. The Morgan fingerprint density at radius 3 is 2.47 bits per heavy atom. The van der Waals surface area contributed by atoms with Crippen molar-refractivity contribution in [3.63, 3.8) is 0 Å². The Kier molecular flexibility index (Phi) is 4.79. The van der Waals surface area contributed by atoms with E-state index in [1.54, 1.807) is 0 Å². The summed E-state index contributed by atoms with van der Waals surface area (Å²) >= 11 is 0. The first-order valence-electron chi connectivity index (χ1n) is 5.59. The third kappa shape index (κ3) is 4.96. The number of rotatable bonds is 6. The summed E-state index contributed by atoms with van der Waals surface area (Å²) in [5.74, 6) is 0. The summed E-state index contributed by atoms with van der Waals surface area (Å²) in [7, 11) is 0. The van der Waals surface area contributed by atoms with Crippen LogP contribution < -0.4 is 5.48 Å². The molecular weight excluding hydrogens is 186 g/mol. The highest BCUT2D eigenvalue weighted by molar-refractivity contribution is 5.14. The predicted molar refractivity (Wildman–Crippen MR) is 63.6 cm³/mol. The molecule has 15 heavy (non-hydrogen) atoms. The topological polar surface area (TPSA) is 21.3 Å². The highest BCUT2D eigenvalue weighted by atomic mass is 16.7. The van der Waals surface area contributed by atoms with Gasteiger partial charge in [-0.1, -0.05) is 37.3 Å². The minimum absolute atomic E-state index is 0.0727. The van der Waals surface area contributed by atoms with Crippen LogP contribution in [0.2, 0.25) is 0 Å². The van der Waals surface area contributed by atoms with Gasteiger partial charge in [-0.25, -0.2) is 5.48 Å². The van der Waals surface area contributed by atoms with E-state index in [0.717, 1.165) is 19.4 Å². The Morgan fingerprint density at radius 1 is 1.20 bits per heavy atom. The zero-order valence-electron chi connectivity index (χ0n) is 9.92. The van der Waals surface area contributed by atoms with Crippen molar-refractivity contribution in [1.29, 1.82) is 0 Å². The van der Waals surface area contributed by atoms with Gasteiger partial charge in [0.05, 0.1) is 5.60 Å². The van der Waals surface area contributed by atoms with Gasteiger partial charge in [0, 0.05) is 6.54 Å². The SMILES string of the molecule is CCC(C)(C)ONCCc1ccccc1. The van der Waals surface area contributed by atoms with E-state index in [1.165, 1.54) is 5.56 Å². The molecule has 0 heterocycles. The first kappa shape index (κ1) is 12.2. The van der Waals surface area contributed by atoms with E-state index >= 15 is 0 Å². The van der Waals surface area contributed by atoms with Gasteiger partial charge in [0.2, 0.25) is 0 Å². The Labute approximate surface area is 92.6 Å². The molecule has 0 radical (unpaired) electrons. The molecule has 0 amide bonds. The number of benzene rings is 1. The molecule has 2 heteroatoms. The van der Waals surface area contributed by atoms with Gasteiger partial charge in [-0.15, -0.1) is 0 Å². The van der Waals surface area contributed by atoms with Gasteiger partial charge in [-0.2, -0.15) is 0 Å². The number of nitrogens with one attached hydrogen (secondary N) is 1. The largest absolute Gasteiger partial charge is 0.296 e. The van der Waals surface area contributed by atoms with Gasteiger partial charge in [0.25, 0.3) is 0 Å². The second-order valence-electron chi connectivity index (χ2n) is 4.35.